The second kappa shape index (κ2) is 6.56. The van der Waals surface area contributed by atoms with E-state index in [0.29, 0.717) is 18.7 Å². The van der Waals surface area contributed by atoms with E-state index in [0.717, 1.165) is 0 Å². The van der Waals surface area contributed by atoms with Gasteiger partial charge in [-0.1, -0.05) is 6.92 Å². The quantitative estimate of drug-likeness (QED) is 0.507. The Morgan fingerprint density at radius 3 is 2.79 bits per heavy atom. The Bertz CT molecular complexity index is 381. The number of nitrogens with one attached hydrogen (secondary N) is 1. The van der Waals surface area contributed by atoms with Crippen LogP contribution in [-0.2, 0) is 9.53 Å². The Morgan fingerprint density at radius 1 is 1.68 bits per heavy atom. The Labute approximate surface area is 114 Å². The normalized spacial score (nSPS) is 23.8. The molecular weight excluding hydrogens is 246 g/mol. The SMILES string of the molecule is CCOC(=O)/C(=C/NC)[C@H](C)C1(C)C=NN1CC[O-]. The summed E-state index contributed by atoms with van der Waals surface area (Å²) in [6.07, 6.45) is 3.42. The maximum absolute atomic E-state index is 12.0. The summed E-state index contributed by atoms with van der Waals surface area (Å²) in [7, 11) is 1.73. The van der Waals surface area contributed by atoms with Gasteiger partial charge in [0.05, 0.1) is 23.9 Å². The number of hydrogen-bond donors (Lipinski definition) is 1. The highest BCUT2D eigenvalue weighted by atomic mass is 16.5. The largest absolute Gasteiger partial charge is 0.853 e. The van der Waals surface area contributed by atoms with Gasteiger partial charge in [0.15, 0.2) is 0 Å². The summed E-state index contributed by atoms with van der Waals surface area (Å²) >= 11 is 0. The average Bonchev–Trinajstić information content (AvgIpc) is 2.39. The van der Waals surface area contributed by atoms with Gasteiger partial charge in [0, 0.05) is 25.7 Å². The second-order valence-corrected chi connectivity index (χ2v) is 4.63. The molecule has 108 valence electrons. The highest BCUT2D eigenvalue weighted by Crippen LogP contribution is 2.34. The fourth-order valence-electron chi connectivity index (χ4n) is 2.09. The molecule has 1 unspecified atom stereocenters. The van der Waals surface area contributed by atoms with Gasteiger partial charge >= 0.3 is 5.97 Å². The van der Waals surface area contributed by atoms with Crippen molar-refractivity contribution in [1.82, 2.24) is 10.3 Å². The molecule has 0 saturated heterocycles. The van der Waals surface area contributed by atoms with Crippen molar-refractivity contribution >= 4 is 12.2 Å². The van der Waals surface area contributed by atoms with Crippen molar-refractivity contribution in [2.24, 2.45) is 11.0 Å². The lowest BCUT2D eigenvalue weighted by Crippen LogP contribution is -2.59. The van der Waals surface area contributed by atoms with Gasteiger partial charge in [-0.15, -0.1) is 6.61 Å². The van der Waals surface area contributed by atoms with Crippen LogP contribution in [0.25, 0.3) is 0 Å². The van der Waals surface area contributed by atoms with Gasteiger partial charge in [-0.05, 0) is 13.8 Å². The predicted molar refractivity (Wildman–Crippen MR) is 71.4 cm³/mol. The predicted octanol–water partition coefficient (Wildman–Crippen LogP) is -0.291. The van der Waals surface area contributed by atoms with E-state index < -0.39 is 5.54 Å². The highest BCUT2D eigenvalue weighted by Gasteiger charge is 2.44. The van der Waals surface area contributed by atoms with Crippen molar-refractivity contribution in [3.8, 4) is 0 Å². The standard InChI is InChI=1S/C13H22N3O3/c1-5-19-12(18)11(8-14-4)10(2)13(3)9-15-16(13)6-7-17/h8-10,14H,5-7H2,1-4H3/q-1/b11-8+/t10-,13?/m0/s1. The van der Waals surface area contributed by atoms with Crippen LogP contribution in [0.1, 0.15) is 20.8 Å². The molecule has 2 atom stereocenters. The number of esters is 1. The van der Waals surface area contributed by atoms with Crippen LogP contribution in [0.15, 0.2) is 16.9 Å². The lowest BCUT2D eigenvalue weighted by Gasteiger charge is -2.48. The number of hydrazone groups is 1. The summed E-state index contributed by atoms with van der Waals surface area (Å²) in [5.74, 6) is -0.462. The van der Waals surface area contributed by atoms with Crippen molar-refractivity contribution in [3.63, 3.8) is 0 Å². The molecule has 0 aromatic rings. The van der Waals surface area contributed by atoms with E-state index in [-0.39, 0.29) is 18.5 Å². The van der Waals surface area contributed by atoms with E-state index in [1.165, 1.54) is 0 Å². The molecule has 1 rings (SSSR count). The van der Waals surface area contributed by atoms with E-state index in [1.54, 1.807) is 31.4 Å². The average molecular weight is 268 g/mol. The molecule has 1 aliphatic heterocycles. The van der Waals surface area contributed by atoms with Crippen LogP contribution in [-0.4, -0.2) is 49.5 Å². The van der Waals surface area contributed by atoms with Crippen LogP contribution < -0.4 is 10.4 Å². The van der Waals surface area contributed by atoms with Crippen molar-refractivity contribution in [2.75, 3.05) is 26.8 Å². The minimum atomic E-state index is -0.417. The number of rotatable bonds is 7. The summed E-state index contributed by atoms with van der Waals surface area (Å²) in [6.45, 7) is 6.13. The lowest BCUT2D eigenvalue weighted by atomic mass is 9.80. The number of carbonyl (C=O) groups excluding carboxylic acids is 1. The van der Waals surface area contributed by atoms with Crippen LogP contribution >= 0.6 is 0 Å². The van der Waals surface area contributed by atoms with Crippen LogP contribution in [0.2, 0.25) is 0 Å². The van der Waals surface area contributed by atoms with Crippen LogP contribution in [0.5, 0.6) is 0 Å². The molecule has 19 heavy (non-hydrogen) atoms. The van der Waals surface area contributed by atoms with Gasteiger partial charge in [-0.25, -0.2) is 4.79 Å². The molecule has 0 aromatic carbocycles. The van der Waals surface area contributed by atoms with Gasteiger partial charge in [0.2, 0.25) is 0 Å². The molecule has 0 aliphatic carbocycles. The van der Waals surface area contributed by atoms with Crippen LogP contribution in [0.3, 0.4) is 0 Å². The topological polar surface area (TPSA) is 77.0 Å². The first-order valence-electron chi connectivity index (χ1n) is 6.46. The second-order valence-electron chi connectivity index (χ2n) is 4.63. The molecule has 1 N–H and O–H groups in total. The molecule has 0 spiro atoms. The van der Waals surface area contributed by atoms with Gasteiger partial charge in [-0.2, -0.15) is 5.10 Å². The van der Waals surface area contributed by atoms with Gasteiger partial charge in [0.25, 0.3) is 0 Å². The third-order valence-corrected chi connectivity index (χ3v) is 3.47. The number of ether oxygens (including phenoxy) is 1. The Morgan fingerprint density at radius 2 is 2.37 bits per heavy atom. The summed E-state index contributed by atoms with van der Waals surface area (Å²) in [4.78, 5) is 12.0. The van der Waals surface area contributed by atoms with E-state index in [9.17, 15) is 9.90 Å². The highest BCUT2D eigenvalue weighted by molar-refractivity contribution is 5.91. The maximum atomic E-state index is 12.0. The molecule has 1 heterocycles. The monoisotopic (exact) mass is 268 g/mol. The zero-order valence-electron chi connectivity index (χ0n) is 12.0. The first-order valence-corrected chi connectivity index (χ1v) is 6.46. The summed E-state index contributed by atoms with van der Waals surface area (Å²) in [5, 5.41) is 19.4. The number of hydrogen-bond acceptors (Lipinski definition) is 6. The van der Waals surface area contributed by atoms with Gasteiger partial charge in [-0.3, -0.25) is 5.01 Å². The Kier molecular flexibility index (Phi) is 5.35. The summed E-state index contributed by atoms with van der Waals surface area (Å²) in [6, 6.07) is 0. The van der Waals surface area contributed by atoms with E-state index in [2.05, 4.69) is 10.4 Å². The summed E-state index contributed by atoms with van der Waals surface area (Å²) in [5.41, 5.74) is 0.133. The number of carbonyl (C=O) groups is 1. The molecule has 0 amide bonds. The molecule has 6 nitrogen and oxygen atoms in total. The summed E-state index contributed by atoms with van der Waals surface area (Å²) < 4.78 is 5.06. The van der Waals surface area contributed by atoms with Gasteiger partial charge in [0.1, 0.15) is 0 Å². The van der Waals surface area contributed by atoms with Crippen molar-refractivity contribution in [2.45, 2.75) is 26.3 Å². The molecular formula is C13H22N3O3-. The van der Waals surface area contributed by atoms with Crippen LogP contribution in [0.4, 0.5) is 0 Å². The third-order valence-electron chi connectivity index (χ3n) is 3.47. The van der Waals surface area contributed by atoms with E-state index in [1.807, 2.05) is 13.8 Å². The van der Waals surface area contributed by atoms with Crippen LogP contribution in [0, 0.1) is 5.92 Å². The minimum absolute atomic E-state index is 0.122. The van der Waals surface area contributed by atoms with Gasteiger partial charge < -0.3 is 15.2 Å². The Hall–Kier alpha value is -1.56. The molecule has 0 fully saturated rings. The zero-order chi connectivity index (χ0) is 14.5. The molecule has 0 saturated carbocycles. The molecule has 1 aliphatic rings. The fourth-order valence-corrected chi connectivity index (χ4v) is 2.09. The van der Waals surface area contributed by atoms with E-state index >= 15 is 0 Å². The molecule has 0 radical (unpaired) electrons. The first kappa shape index (κ1) is 15.5. The lowest BCUT2D eigenvalue weighted by molar-refractivity contribution is -0.370. The van der Waals surface area contributed by atoms with E-state index in [4.69, 9.17) is 4.74 Å². The minimum Gasteiger partial charge on any atom is -0.853 e. The van der Waals surface area contributed by atoms with Crippen molar-refractivity contribution in [3.05, 3.63) is 11.8 Å². The molecule has 6 heteroatoms. The van der Waals surface area contributed by atoms with Crippen molar-refractivity contribution < 1.29 is 14.6 Å². The Balaban J connectivity index is 2.89. The number of nitrogens with zero attached hydrogens (tertiary/aromatic N) is 2. The molecule has 0 aromatic heterocycles. The third kappa shape index (κ3) is 3.07. The molecule has 0 bridgehead atoms. The fraction of sp³-hybridized carbons (Fsp3) is 0.692. The smallest absolute Gasteiger partial charge is 0.335 e. The zero-order valence-corrected chi connectivity index (χ0v) is 12.0. The maximum Gasteiger partial charge on any atom is 0.335 e. The first-order chi connectivity index (χ1) is 9.01. The van der Waals surface area contributed by atoms with Crippen molar-refractivity contribution in [1.29, 1.82) is 0 Å².